The minimum absolute atomic E-state index is 0.304. The summed E-state index contributed by atoms with van der Waals surface area (Å²) in [6.07, 6.45) is 0. The summed E-state index contributed by atoms with van der Waals surface area (Å²) in [5.41, 5.74) is -1.07. The zero-order valence-electron chi connectivity index (χ0n) is 8.83. The summed E-state index contributed by atoms with van der Waals surface area (Å²) in [5.74, 6) is 0.868. The van der Waals surface area contributed by atoms with Crippen molar-refractivity contribution in [1.82, 2.24) is 10.2 Å². The van der Waals surface area contributed by atoms with Crippen molar-refractivity contribution in [3.05, 3.63) is 23.7 Å². The fourth-order valence-corrected chi connectivity index (χ4v) is 1.65. The molecule has 0 bridgehead atoms. The minimum atomic E-state index is -1.07. The molecule has 0 aromatic carbocycles. The molecule has 1 fully saturated rings. The van der Waals surface area contributed by atoms with Gasteiger partial charge in [-0.15, -0.1) is 0 Å². The topological polar surface area (TPSA) is 62.6 Å². The molecule has 0 spiro atoms. The van der Waals surface area contributed by atoms with E-state index in [1.54, 1.807) is 26.0 Å². The summed E-state index contributed by atoms with van der Waals surface area (Å²) in [5, 5.41) is 2.60. The van der Waals surface area contributed by atoms with Crippen LogP contribution in [0, 0.1) is 6.92 Å². The number of imide groups is 1. The highest BCUT2D eigenvalue weighted by Gasteiger charge is 2.49. The molecule has 0 aliphatic carbocycles. The molecule has 0 unspecified atom stereocenters. The van der Waals surface area contributed by atoms with Crippen LogP contribution in [0.1, 0.15) is 18.4 Å². The normalized spacial score (nSPS) is 25.9. The first kappa shape index (κ1) is 9.76. The lowest BCUT2D eigenvalue weighted by Gasteiger charge is -2.17. The molecule has 0 saturated carbocycles. The number of nitrogens with zero attached hydrogens (tertiary/aromatic N) is 1. The molecule has 1 aromatic heterocycles. The van der Waals surface area contributed by atoms with Crippen molar-refractivity contribution >= 4 is 11.9 Å². The number of amides is 3. The monoisotopic (exact) mass is 208 g/mol. The van der Waals surface area contributed by atoms with Crippen LogP contribution in [0.5, 0.6) is 0 Å². The molecule has 2 heterocycles. The molecule has 1 N–H and O–H groups in total. The van der Waals surface area contributed by atoms with Crippen LogP contribution in [0.25, 0.3) is 0 Å². The Morgan fingerprint density at radius 1 is 1.40 bits per heavy atom. The number of likely N-dealkylation sites (N-methyl/N-ethyl adjacent to an activating group) is 1. The van der Waals surface area contributed by atoms with Crippen LogP contribution >= 0.6 is 0 Å². The van der Waals surface area contributed by atoms with Crippen LogP contribution in [0.3, 0.4) is 0 Å². The van der Waals surface area contributed by atoms with Gasteiger partial charge < -0.3 is 9.73 Å². The highest BCUT2D eigenvalue weighted by atomic mass is 16.3. The number of carbonyl (C=O) groups is 2. The van der Waals surface area contributed by atoms with Gasteiger partial charge in [0.25, 0.3) is 5.91 Å². The largest absolute Gasteiger partial charge is 0.463 e. The van der Waals surface area contributed by atoms with Crippen molar-refractivity contribution in [3.8, 4) is 0 Å². The summed E-state index contributed by atoms with van der Waals surface area (Å²) >= 11 is 0. The van der Waals surface area contributed by atoms with E-state index in [2.05, 4.69) is 5.32 Å². The molecule has 1 saturated heterocycles. The van der Waals surface area contributed by atoms with Gasteiger partial charge in [0.1, 0.15) is 11.5 Å². The Hall–Kier alpha value is -1.78. The molecule has 0 radical (unpaired) electrons. The third kappa shape index (κ3) is 1.23. The van der Waals surface area contributed by atoms with Crippen molar-refractivity contribution in [2.75, 3.05) is 7.05 Å². The molecule has 15 heavy (non-hydrogen) atoms. The molecule has 5 heteroatoms. The van der Waals surface area contributed by atoms with Crippen molar-refractivity contribution in [1.29, 1.82) is 0 Å². The van der Waals surface area contributed by atoms with E-state index in [9.17, 15) is 9.59 Å². The first-order valence-electron chi connectivity index (χ1n) is 4.62. The SMILES string of the molecule is Cc1ccc([C@]2(C)NC(=O)N(C)C2=O)o1. The zero-order chi connectivity index (χ0) is 11.2. The lowest BCUT2D eigenvalue weighted by molar-refractivity contribution is -0.130. The molecular weight excluding hydrogens is 196 g/mol. The molecule has 1 atom stereocenters. The molecule has 80 valence electrons. The molecule has 1 aliphatic rings. The Balaban J connectivity index is 2.44. The third-order valence-corrected chi connectivity index (χ3v) is 2.63. The Bertz CT molecular complexity index is 438. The fourth-order valence-electron chi connectivity index (χ4n) is 1.65. The van der Waals surface area contributed by atoms with E-state index >= 15 is 0 Å². The maximum Gasteiger partial charge on any atom is 0.325 e. The van der Waals surface area contributed by atoms with Crippen LogP contribution in [-0.2, 0) is 10.3 Å². The first-order chi connectivity index (χ1) is 6.95. The number of rotatable bonds is 1. The van der Waals surface area contributed by atoms with Gasteiger partial charge in [-0.2, -0.15) is 0 Å². The summed E-state index contributed by atoms with van der Waals surface area (Å²) in [7, 11) is 1.44. The van der Waals surface area contributed by atoms with Gasteiger partial charge >= 0.3 is 6.03 Å². The standard InChI is InChI=1S/C10H12N2O3/c1-6-4-5-7(15-6)10(2)8(13)12(3)9(14)11-10/h4-5H,1-3H3,(H,11,14)/t10-/m0/s1. The van der Waals surface area contributed by atoms with E-state index in [0.29, 0.717) is 11.5 Å². The van der Waals surface area contributed by atoms with Gasteiger partial charge in [-0.05, 0) is 26.0 Å². The lowest BCUT2D eigenvalue weighted by Crippen LogP contribution is -2.40. The maximum atomic E-state index is 11.8. The summed E-state index contributed by atoms with van der Waals surface area (Å²) in [6, 6.07) is 3.06. The summed E-state index contributed by atoms with van der Waals surface area (Å²) in [6.45, 7) is 3.42. The number of nitrogens with one attached hydrogen (secondary N) is 1. The van der Waals surface area contributed by atoms with E-state index in [0.717, 1.165) is 4.90 Å². The molecular formula is C10H12N2O3. The molecule has 5 nitrogen and oxygen atoms in total. The number of hydrogen-bond acceptors (Lipinski definition) is 3. The van der Waals surface area contributed by atoms with E-state index in [1.165, 1.54) is 7.05 Å². The lowest BCUT2D eigenvalue weighted by atomic mass is 9.99. The predicted molar refractivity (Wildman–Crippen MR) is 52.1 cm³/mol. The molecule has 1 aliphatic heterocycles. The average molecular weight is 208 g/mol. The van der Waals surface area contributed by atoms with Crippen molar-refractivity contribution < 1.29 is 14.0 Å². The molecule has 2 rings (SSSR count). The number of carbonyl (C=O) groups excluding carboxylic acids is 2. The van der Waals surface area contributed by atoms with Gasteiger partial charge in [0.2, 0.25) is 0 Å². The number of urea groups is 1. The Labute approximate surface area is 87.0 Å². The Morgan fingerprint density at radius 2 is 2.07 bits per heavy atom. The van der Waals surface area contributed by atoms with Gasteiger partial charge in [-0.25, -0.2) is 4.79 Å². The van der Waals surface area contributed by atoms with E-state index in [-0.39, 0.29) is 5.91 Å². The highest BCUT2D eigenvalue weighted by Crippen LogP contribution is 2.29. The van der Waals surface area contributed by atoms with Crippen LogP contribution in [0.15, 0.2) is 16.5 Å². The van der Waals surface area contributed by atoms with Gasteiger partial charge in [-0.3, -0.25) is 9.69 Å². The third-order valence-electron chi connectivity index (χ3n) is 2.63. The van der Waals surface area contributed by atoms with E-state index in [1.807, 2.05) is 0 Å². The van der Waals surface area contributed by atoms with Crippen LogP contribution < -0.4 is 5.32 Å². The van der Waals surface area contributed by atoms with Gasteiger partial charge in [-0.1, -0.05) is 0 Å². The second-order valence-corrected chi connectivity index (χ2v) is 3.83. The van der Waals surface area contributed by atoms with Gasteiger partial charge in [0.15, 0.2) is 5.54 Å². The van der Waals surface area contributed by atoms with E-state index in [4.69, 9.17) is 4.42 Å². The van der Waals surface area contributed by atoms with Crippen LogP contribution in [0.2, 0.25) is 0 Å². The number of furan rings is 1. The second kappa shape index (κ2) is 2.85. The average Bonchev–Trinajstić information content (AvgIpc) is 2.68. The Kier molecular flexibility index (Phi) is 1.86. The quantitative estimate of drug-likeness (QED) is 0.700. The maximum absolute atomic E-state index is 11.8. The molecule has 1 aromatic rings. The van der Waals surface area contributed by atoms with Gasteiger partial charge in [0.05, 0.1) is 0 Å². The van der Waals surface area contributed by atoms with Gasteiger partial charge in [0, 0.05) is 7.05 Å². The zero-order valence-corrected chi connectivity index (χ0v) is 8.83. The Morgan fingerprint density at radius 3 is 2.47 bits per heavy atom. The van der Waals surface area contributed by atoms with Crippen molar-refractivity contribution in [2.24, 2.45) is 0 Å². The van der Waals surface area contributed by atoms with Crippen molar-refractivity contribution in [2.45, 2.75) is 19.4 Å². The number of hydrogen-bond donors (Lipinski definition) is 1. The van der Waals surface area contributed by atoms with Crippen molar-refractivity contribution in [3.63, 3.8) is 0 Å². The number of aryl methyl sites for hydroxylation is 1. The smallest absolute Gasteiger partial charge is 0.325 e. The second-order valence-electron chi connectivity index (χ2n) is 3.83. The first-order valence-corrected chi connectivity index (χ1v) is 4.62. The van der Waals surface area contributed by atoms with Crippen LogP contribution in [0.4, 0.5) is 4.79 Å². The predicted octanol–water partition coefficient (Wildman–Crippen LogP) is 0.985. The summed E-state index contributed by atoms with van der Waals surface area (Å²) in [4.78, 5) is 24.2. The minimum Gasteiger partial charge on any atom is -0.463 e. The summed E-state index contributed by atoms with van der Waals surface area (Å²) < 4.78 is 5.38. The van der Waals surface area contributed by atoms with Crippen LogP contribution in [-0.4, -0.2) is 23.9 Å². The fraction of sp³-hybridized carbons (Fsp3) is 0.400. The van der Waals surface area contributed by atoms with E-state index < -0.39 is 11.6 Å². The molecule has 3 amide bonds. The highest BCUT2D eigenvalue weighted by molar-refractivity contribution is 6.06.